The van der Waals surface area contributed by atoms with Gasteiger partial charge in [-0.3, -0.25) is 4.98 Å². The lowest BCUT2D eigenvalue weighted by Gasteiger charge is -2.08. The number of benzene rings is 3. The zero-order valence-electron chi connectivity index (χ0n) is 16.8. The molecule has 5 aromatic rings. The second kappa shape index (κ2) is 7.58. The van der Waals surface area contributed by atoms with Gasteiger partial charge in [0, 0.05) is 27.2 Å². The SMILES string of the molecule is Cc1cccc(C)c1-c1cc2ccnc(-c3cc(Br)cc(-c4ccccc4)c3)c2o1. The van der Waals surface area contributed by atoms with Crippen LogP contribution in [0.4, 0.5) is 0 Å². The van der Waals surface area contributed by atoms with Gasteiger partial charge in [-0.05, 0) is 66.4 Å². The van der Waals surface area contributed by atoms with Crippen molar-refractivity contribution >= 4 is 26.9 Å². The van der Waals surface area contributed by atoms with Gasteiger partial charge in [-0.2, -0.15) is 0 Å². The van der Waals surface area contributed by atoms with Crippen molar-refractivity contribution in [1.29, 1.82) is 0 Å². The molecule has 2 heterocycles. The number of nitrogens with zero attached hydrogens (tertiary/aromatic N) is 1. The molecule has 0 aliphatic rings. The van der Waals surface area contributed by atoms with E-state index in [2.05, 4.69) is 96.5 Å². The third kappa shape index (κ3) is 3.35. The lowest BCUT2D eigenvalue weighted by atomic mass is 10.0. The number of aromatic nitrogens is 1. The van der Waals surface area contributed by atoms with Gasteiger partial charge in [-0.1, -0.05) is 64.5 Å². The minimum absolute atomic E-state index is 0.812. The number of aryl methyl sites for hydroxylation is 2. The minimum atomic E-state index is 0.812. The molecule has 3 aromatic carbocycles. The summed E-state index contributed by atoms with van der Waals surface area (Å²) in [4.78, 5) is 4.69. The van der Waals surface area contributed by atoms with Crippen molar-refractivity contribution in [3.8, 4) is 33.7 Å². The summed E-state index contributed by atoms with van der Waals surface area (Å²) in [6.07, 6.45) is 1.85. The van der Waals surface area contributed by atoms with E-state index in [1.54, 1.807) is 0 Å². The fraction of sp³-hybridized carbons (Fsp3) is 0.0741. The van der Waals surface area contributed by atoms with Crippen molar-refractivity contribution in [2.24, 2.45) is 0 Å². The normalized spacial score (nSPS) is 11.2. The molecule has 0 amide bonds. The molecular formula is C27H20BrNO. The van der Waals surface area contributed by atoms with E-state index in [4.69, 9.17) is 9.40 Å². The standard InChI is InChI=1S/C27H20BrNO/c1-17-7-6-8-18(2)25(17)24-16-20-11-12-29-26(27(20)30-24)22-13-21(14-23(28)15-22)19-9-4-3-5-10-19/h3-16H,1-2H3. The lowest BCUT2D eigenvalue weighted by Crippen LogP contribution is -1.86. The maximum Gasteiger partial charge on any atom is 0.161 e. The molecule has 0 radical (unpaired) electrons. The molecule has 0 saturated heterocycles. The van der Waals surface area contributed by atoms with E-state index in [-0.39, 0.29) is 0 Å². The van der Waals surface area contributed by atoms with Crippen LogP contribution in [0.3, 0.4) is 0 Å². The highest BCUT2D eigenvalue weighted by Crippen LogP contribution is 2.37. The molecule has 0 aliphatic carbocycles. The summed E-state index contributed by atoms with van der Waals surface area (Å²) < 4.78 is 7.42. The van der Waals surface area contributed by atoms with Crippen LogP contribution in [0.25, 0.3) is 44.7 Å². The molecular weight excluding hydrogens is 434 g/mol. The molecule has 5 rings (SSSR count). The molecule has 2 nitrogen and oxygen atoms in total. The average Bonchev–Trinajstić information content (AvgIpc) is 3.17. The monoisotopic (exact) mass is 453 g/mol. The Hall–Kier alpha value is -3.17. The Morgan fingerprint density at radius 3 is 2.23 bits per heavy atom. The first-order chi connectivity index (χ1) is 14.6. The van der Waals surface area contributed by atoms with Crippen LogP contribution >= 0.6 is 15.9 Å². The summed E-state index contributed by atoms with van der Waals surface area (Å²) in [6.45, 7) is 4.24. The Labute approximate surface area is 184 Å². The van der Waals surface area contributed by atoms with Gasteiger partial charge in [0.1, 0.15) is 11.5 Å². The van der Waals surface area contributed by atoms with Crippen LogP contribution in [-0.4, -0.2) is 4.98 Å². The van der Waals surface area contributed by atoms with Crippen LogP contribution in [0.15, 0.2) is 93.9 Å². The van der Waals surface area contributed by atoms with Crippen LogP contribution in [0, 0.1) is 13.8 Å². The first-order valence-corrected chi connectivity index (χ1v) is 10.7. The summed E-state index contributed by atoms with van der Waals surface area (Å²) in [6, 6.07) is 27.2. The van der Waals surface area contributed by atoms with Crippen molar-refractivity contribution in [2.75, 3.05) is 0 Å². The first kappa shape index (κ1) is 18.8. The predicted molar refractivity (Wildman–Crippen MR) is 127 cm³/mol. The Kier molecular flexibility index (Phi) is 4.76. The highest BCUT2D eigenvalue weighted by molar-refractivity contribution is 9.10. The third-order valence-electron chi connectivity index (χ3n) is 5.44. The molecule has 0 atom stereocenters. The molecule has 0 fully saturated rings. The number of hydrogen-bond donors (Lipinski definition) is 0. The van der Waals surface area contributed by atoms with Crippen LogP contribution < -0.4 is 0 Å². The molecule has 0 unspecified atom stereocenters. The summed E-state index contributed by atoms with van der Waals surface area (Å²) in [5.74, 6) is 0.883. The second-order valence-corrected chi connectivity index (χ2v) is 8.47. The highest BCUT2D eigenvalue weighted by Gasteiger charge is 2.16. The highest BCUT2D eigenvalue weighted by atomic mass is 79.9. The van der Waals surface area contributed by atoms with Gasteiger partial charge < -0.3 is 4.42 Å². The van der Waals surface area contributed by atoms with Crippen molar-refractivity contribution in [3.63, 3.8) is 0 Å². The van der Waals surface area contributed by atoms with Crippen LogP contribution in [0.1, 0.15) is 11.1 Å². The third-order valence-corrected chi connectivity index (χ3v) is 5.90. The largest absolute Gasteiger partial charge is 0.454 e. The second-order valence-electron chi connectivity index (χ2n) is 7.55. The number of fused-ring (bicyclic) bond motifs is 1. The van der Waals surface area contributed by atoms with Crippen molar-refractivity contribution < 1.29 is 4.42 Å². The number of furan rings is 1. The number of rotatable bonds is 3. The first-order valence-electron chi connectivity index (χ1n) is 9.92. The molecule has 0 bridgehead atoms. The van der Waals surface area contributed by atoms with E-state index in [0.29, 0.717) is 0 Å². The molecule has 0 spiro atoms. The van der Waals surface area contributed by atoms with Crippen LogP contribution in [-0.2, 0) is 0 Å². The average molecular weight is 454 g/mol. The number of pyridine rings is 1. The molecule has 146 valence electrons. The Morgan fingerprint density at radius 2 is 1.47 bits per heavy atom. The molecule has 30 heavy (non-hydrogen) atoms. The number of halogens is 1. The summed E-state index contributed by atoms with van der Waals surface area (Å²) in [5, 5.41) is 1.05. The van der Waals surface area contributed by atoms with Crippen LogP contribution in [0.2, 0.25) is 0 Å². The Bertz CT molecular complexity index is 1350. The van der Waals surface area contributed by atoms with Crippen molar-refractivity contribution in [2.45, 2.75) is 13.8 Å². The molecule has 0 N–H and O–H groups in total. The van der Waals surface area contributed by atoms with Gasteiger partial charge in [0.2, 0.25) is 0 Å². The maximum absolute atomic E-state index is 6.41. The van der Waals surface area contributed by atoms with E-state index in [1.165, 1.54) is 16.7 Å². The Balaban J connectivity index is 1.69. The van der Waals surface area contributed by atoms with Gasteiger partial charge in [-0.15, -0.1) is 0 Å². The van der Waals surface area contributed by atoms with Gasteiger partial charge in [0.15, 0.2) is 5.58 Å². The smallest absolute Gasteiger partial charge is 0.161 e. The Morgan fingerprint density at radius 1 is 0.733 bits per heavy atom. The van der Waals surface area contributed by atoms with E-state index in [0.717, 1.165) is 43.6 Å². The quantitative estimate of drug-likeness (QED) is 0.275. The summed E-state index contributed by atoms with van der Waals surface area (Å²) in [7, 11) is 0. The van der Waals surface area contributed by atoms with E-state index in [9.17, 15) is 0 Å². The zero-order valence-corrected chi connectivity index (χ0v) is 18.4. The summed E-state index contributed by atoms with van der Waals surface area (Å²) in [5.41, 5.74) is 8.56. The minimum Gasteiger partial charge on any atom is -0.454 e. The molecule has 2 aromatic heterocycles. The predicted octanol–water partition coefficient (Wildman–Crippen LogP) is 8.21. The lowest BCUT2D eigenvalue weighted by molar-refractivity contribution is 0.630. The molecule has 0 saturated carbocycles. The van der Waals surface area contributed by atoms with E-state index in [1.807, 2.05) is 18.3 Å². The number of hydrogen-bond acceptors (Lipinski definition) is 2. The van der Waals surface area contributed by atoms with Gasteiger partial charge in [0.05, 0.1) is 0 Å². The van der Waals surface area contributed by atoms with Crippen LogP contribution in [0.5, 0.6) is 0 Å². The van der Waals surface area contributed by atoms with Crippen molar-refractivity contribution in [1.82, 2.24) is 4.98 Å². The van der Waals surface area contributed by atoms with Gasteiger partial charge in [-0.25, -0.2) is 0 Å². The van der Waals surface area contributed by atoms with E-state index < -0.39 is 0 Å². The topological polar surface area (TPSA) is 26.0 Å². The van der Waals surface area contributed by atoms with Gasteiger partial charge >= 0.3 is 0 Å². The summed E-state index contributed by atoms with van der Waals surface area (Å²) >= 11 is 3.67. The maximum atomic E-state index is 6.41. The zero-order chi connectivity index (χ0) is 20.7. The van der Waals surface area contributed by atoms with E-state index >= 15 is 0 Å². The fourth-order valence-electron chi connectivity index (χ4n) is 4.02. The fourth-order valence-corrected chi connectivity index (χ4v) is 4.51. The molecule has 3 heteroatoms. The molecule has 0 aliphatic heterocycles. The van der Waals surface area contributed by atoms with Gasteiger partial charge in [0.25, 0.3) is 0 Å². The van der Waals surface area contributed by atoms with Crippen molar-refractivity contribution in [3.05, 3.63) is 101 Å².